The van der Waals surface area contributed by atoms with Crippen LogP contribution in [0, 0.1) is 5.92 Å². The summed E-state index contributed by atoms with van der Waals surface area (Å²) in [6.07, 6.45) is 2.04. The number of thiophene rings is 2. The maximum atomic E-state index is 12.8. The predicted octanol–water partition coefficient (Wildman–Crippen LogP) is 4.74. The molecular weight excluding hydrogens is 360 g/mol. The average Bonchev–Trinajstić information content (AvgIpc) is 3.12. The van der Waals surface area contributed by atoms with Crippen LogP contribution in [0.5, 0.6) is 0 Å². The molecule has 3 heterocycles. The molecule has 1 aliphatic heterocycles. The maximum absolute atomic E-state index is 12.8. The fraction of sp³-hybridized carbons (Fsp3) is 0.389. The molecule has 6 heteroatoms. The third kappa shape index (κ3) is 3.06. The lowest BCUT2D eigenvalue weighted by Crippen LogP contribution is -2.42. The first-order valence-corrected chi connectivity index (χ1v) is 9.72. The quantitative estimate of drug-likeness (QED) is 0.698. The molecule has 1 aliphatic rings. The van der Waals surface area contributed by atoms with Crippen molar-refractivity contribution < 1.29 is 4.79 Å². The van der Waals surface area contributed by atoms with E-state index in [9.17, 15) is 4.79 Å². The van der Waals surface area contributed by atoms with Crippen LogP contribution < -0.4 is 5.73 Å². The Morgan fingerprint density at radius 1 is 1.21 bits per heavy atom. The molecule has 2 N–H and O–H groups in total. The zero-order valence-corrected chi connectivity index (χ0v) is 16.0. The number of piperidine rings is 1. The smallest absolute Gasteiger partial charge is 0.263 e. The monoisotopic (exact) mass is 380 g/mol. The van der Waals surface area contributed by atoms with Crippen molar-refractivity contribution in [1.82, 2.24) is 4.90 Å². The molecule has 1 atom stereocenters. The third-order valence-electron chi connectivity index (χ3n) is 4.83. The van der Waals surface area contributed by atoms with Crippen LogP contribution in [0.4, 0.5) is 0 Å². The van der Waals surface area contributed by atoms with Crippen LogP contribution in [0.1, 0.15) is 29.4 Å². The van der Waals surface area contributed by atoms with E-state index in [1.54, 1.807) is 22.7 Å². The molecule has 1 aromatic carbocycles. The van der Waals surface area contributed by atoms with Crippen molar-refractivity contribution in [3.63, 3.8) is 0 Å². The van der Waals surface area contributed by atoms with Gasteiger partial charge in [0.15, 0.2) is 0 Å². The number of amides is 1. The SMILES string of the molecule is CC(N)C1CCN(C(=O)c2cc3sc4ccccc4c3s2)CC1.Cl. The van der Waals surface area contributed by atoms with Crippen LogP contribution >= 0.6 is 35.1 Å². The van der Waals surface area contributed by atoms with Gasteiger partial charge < -0.3 is 10.6 Å². The molecule has 1 fully saturated rings. The first kappa shape index (κ1) is 17.7. The normalized spacial score (nSPS) is 17.2. The Labute approximate surface area is 155 Å². The molecule has 4 rings (SSSR count). The molecule has 128 valence electrons. The second kappa shape index (κ2) is 7.00. The van der Waals surface area contributed by atoms with Gasteiger partial charge in [-0.1, -0.05) is 18.2 Å². The van der Waals surface area contributed by atoms with Gasteiger partial charge in [-0.25, -0.2) is 0 Å². The van der Waals surface area contributed by atoms with Gasteiger partial charge in [0.1, 0.15) is 0 Å². The van der Waals surface area contributed by atoms with Crippen LogP contribution in [0.15, 0.2) is 30.3 Å². The van der Waals surface area contributed by atoms with Crippen molar-refractivity contribution in [3.8, 4) is 0 Å². The lowest BCUT2D eigenvalue weighted by atomic mass is 9.91. The van der Waals surface area contributed by atoms with Gasteiger partial charge in [-0.2, -0.15) is 0 Å². The van der Waals surface area contributed by atoms with Crippen molar-refractivity contribution in [2.75, 3.05) is 13.1 Å². The first-order chi connectivity index (χ1) is 11.1. The maximum Gasteiger partial charge on any atom is 0.263 e. The van der Waals surface area contributed by atoms with E-state index in [1.807, 2.05) is 4.90 Å². The summed E-state index contributed by atoms with van der Waals surface area (Å²) in [6.45, 7) is 3.73. The zero-order chi connectivity index (χ0) is 16.0. The fourth-order valence-corrected chi connectivity index (χ4v) is 5.88. The van der Waals surface area contributed by atoms with Gasteiger partial charge in [0.25, 0.3) is 5.91 Å². The van der Waals surface area contributed by atoms with Crippen molar-refractivity contribution in [1.29, 1.82) is 0 Å². The standard InChI is InChI=1S/C18H20N2OS2.ClH/c1-11(19)12-6-8-20(9-7-12)18(21)16-10-15-17(23-16)13-4-2-3-5-14(13)22-15;/h2-5,10-12H,6-9,19H2,1H3;1H. The minimum Gasteiger partial charge on any atom is -0.338 e. The van der Waals surface area contributed by atoms with E-state index >= 15 is 0 Å². The van der Waals surface area contributed by atoms with Crippen LogP contribution in [-0.4, -0.2) is 29.9 Å². The molecule has 24 heavy (non-hydrogen) atoms. The molecule has 3 aromatic rings. The van der Waals surface area contributed by atoms with Gasteiger partial charge in [-0.15, -0.1) is 35.1 Å². The van der Waals surface area contributed by atoms with Crippen LogP contribution in [-0.2, 0) is 0 Å². The summed E-state index contributed by atoms with van der Waals surface area (Å²) < 4.78 is 3.77. The Balaban J connectivity index is 0.00000169. The fourth-order valence-electron chi connectivity index (χ4n) is 3.39. The van der Waals surface area contributed by atoms with E-state index in [-0.39, 0.29) is 24.4 Å². The Kier molecular flexibility index (Phi) is 5.16. The second-order valence-corrected chi connectivity index (χ2v) is 8.53. The van der Waals surface area contributed by atoms with Gasteiger partial charge in [-0.05, 0) is 37.8 Å². The van der Waals surface area contributed by atoms with Gasteiger partial charge in [-0.3, -0.25) is 4.79 Å². The summed E-state index contributed by atoms with van der Waals surface area (Å²) in [4.78, 5) is 15.7. The third-order valence-corrected chi connectivity index (χ3v) is 7.23. The average molecular weight is 381 g/mol. The summed E-state index contributed by atoms with van der Waals surface area (Å²) in [5.74, 6) is 0.737. The topological polar surface area (TPSA) is 46.3 Å². The van der Waals surface area contributed by atoms with Crippen LogP contribution in [0.2, 0.25) is 0 Å². The van der Waals surface area contributed by atoms with E-state index in [1.165, 1.54) is 19.5 Å². The molecular formula is C18H21ClN2OS2. The molecule has 2 aromatic heterocycles. The predicted molar refractivity (Wildman–Crippen MR) is 107 cm³/mol. The van der Waals surface area contributed by atoms with E-state index in [0.717, 1.165) is 30.8 Å². The molecule has 3 nitrogen and oxygen atoms in total. The van der Waals surface area contributed by atoms with Crippen LogP contribution in [0.3, 0.4) is 0 Å². The molecule has 0 radical (unpaired) electrons. The molecule has 1 saturated heterocycles. The highest BCUT2D eigenvalue weighted by Gasteiger charge is 2.26. The van der Waals surface area contributed by atoms with Crippen molar-refractivity contribution >= 4 is 60.5 Å². The number of nitrogens with two attached hydrogens (primary N) is 1. The highest BCUT2D eigenvalue weighted by atomic mass is 35.5. The molecule has 0 saturated carbocycles. The van der Waals surface area contributed by atoms with Gasteiger partial charge in [0.05, 0.1) is 9.58 Å². The molecule has 1 unspecified atom stereocenters. The number of rotatable bonds is 2. The minimum atomic E-state index is 0. The number of benzene rings is 1. The largest absolute Gasteiger partial charge is 0.338 e. The lowest BCUT2D eigenvalue weighted by Gasteiger charge is -2.33. The highest BCUT2D eigenvalue weighted by molar-refractivity contribution is 7.33. The molecule has 0 aliphatic carbocycles. The summed E-state index contributed by atoms with van der Waals surface area (Å²) in [6, 6.07) is 10.7. The molecule has 0 spiro atoms. The summed E-state index contributed by atoms with van der Waals surface area (Å²) in [7, 11) is 0. The van der Waals surface area contributed by atoms with Gasteiger partial charge >= 0.3 is 0 Å². The number of carbonyl (C=O) groups excluding carboxylic acids is 1. The van der Waals surface area contributed by atoms with Crippen molar-refractivity contribution in [2.45, 2.75) is 25.8 Å². The Hall–Kier alpha value is -1.14. The summed E-state index contributed by atoms with van der Waals surface area (Å²) >= 11 is 3.41. The van der Waals surface area contributed by atoms with Crippen molar-refractivity contribution in [2.24, 2.45) is 11.7 Å². The highest BCUT2D eigenvalue weighted by Crippen LogP contribution is 2.39. The number of hydrogen-bond acceptors (Lipinski definition) is 4. The number of nitrogens with zero attached hydrogens (tertiary/aromatic N) is 1. The summed E-state index contributed by atoms with van der Waals surface area (Å²) in [5.41, 5.74) is 5.99. The number of carbonyl (C=O) groups is 1. The Bertz CT molecular complexity index is 862. The summed E-state index contributed by atoms with van der Waals surface area (Å²) in [5, 5.41) is 1.27. The van der Waals surface area contributed by atoms with Gasteiger partial charge in [0, 0.05) is 33.9 Å². The first-order valence-electron chi connectivity index (χ1n) is 8.09. The Morgan fingerprint density at radius 3 is 2.62 bits per heavy atom. The van der Waals surface area contributed by atoms with E-state index in [4.69, 9.17) is 5.73 Å². The van der Waals surface area contributed by atoms with Gasteiger partial charge in [0.2, 0.25) is 0 Å². The van der Waals surface area contributed by atoms with E-state index in [0.29, 0.717) is 5.92 Å². The number of hydrogen-bond donors (Lipinski definition) is 1. The lowest BCUT2D eigenvalue weighted by molar-refractivity contribution is 0.0686. The number of likely N-dealkylation sites (tertiary alicyclic amines) is 1. The zero-order valence-electron chi connectivity index (χ0n) is 13.5. The molecule has 1 amide bonds. The Morgan fingerprint density at radius 2 is 1.92 bits per heavy atom. The van der Waals surface area contributed by atoms with E-state index in [2.05, 4.69) is 37.3 Å². The molecule has 0 bridgehead atoms. The number of halogens is 1. The second-order valence-electron chi connectivity index (χ2n) is 6.39. The van der Waals surface area contributed by atoms with Crippen molar-refractivity contribution in [3.05, 3.63) is 35.2 Å². The van der Waals surface area contributed by atoms with Crippen LogP contribution in [0.25, 0.3) is 19.5 Å². The van der Waals surface area contributed by atoms with E-state index < -0.39 is 0 Å². The minimum absolute atomic E-state index is 0. The number of fused-ring (bicyclic) bond motifs is 3.